The molecule has 0 unspecified atom stereocenters. The van der Waals surface area contributed by atoms with Crippen molar-refractivity contribution in [2.24, 2.45) is 0 Å². The highest BCUT2D eigenvalue weighted by Crippen LogP contribution is 2.29. The van der Waals surface area contributed by atoms with Crippen molar-refractivity contribution >= 4 is 11.9 Å². The smallest absolute Gasteiger partial charge is 0.416 e. The number of benzene rings is 4. The molecule has 0 aliphatic carbocycles. The Labute approximate surface area is 235 Å². The van der Waals surface area contributed by atoms with Gasteiger partial charge in [-0.25, -0.2) is 4.79 Å². The van der Waals surface area contributed by atoms with E-state index in [0.717, 1.165) is 23.3 Å². The molecule has 9 heteroatoms. The Morgan fingerprint density at radius 2 is 1.32 bits per heavy atom. The normalized spacial score (nSPS) is 11.8. The average molecular weight is 564 g/mol. The molecule has 0 aromatic heterocycles. The van der Waals surface area contributed by atoms with Crippen LogP contribution >= 0.6 is 0 Å². The van der Waals surface area contributed by atoms with E-state index in [9.17, 15) is 22.8 Å². The van der Waals surface area contributed by atoms with Crippen LogP contribution in [0, 0.1) is 0 Å². The number of carbonyl (C=O) groups excluding carboxylic acids is 2. The van der Waals surface area contributed by atoms with Gasteiger partial charge in [0.15, 0.2) is 0 Å². The van der Waals surface area contributed by atoms with E-state index in [1.807, 2.05) is 42.5 Å². The molecule has 0 aliphatic heterocycles. The second kappa shape index (κ2) is 13.5. The van der Waals surface area contributed by atoms with Gasteiger partial charge in [0.05, 0.1) is 12.7 Å². The number of amides is 1. The third kappa shape index (κ3) is 8.60. The monoisotopic (exact) mass is 563 g/mol. The van der Waals surface area contributed by atoms with Gasteiger partial charge in [0.2, 0.25) is 0 Å². The highest BCUT2D eigenvalue weighted by molar-refractivity contribution is 5.96. The zero-order valence-electron chi connectivity index (χ0n) is 22.2. The second-order valence-electron chi connectivity index (χ2n) is 9.18. The van der Waals surface area contributed by atoms with Crippen molar-refractivity contribution < 1.29 is 37.0 Å². The third-order valence-corrected chi connectivity index (χ3v) is 6.18. The van der Waals surface area contributed by atoms with Crippen LogP contribution in [0.25, 0.3) is 0 Å². The lowest BCUT2D eigenvalue weighted by Gasteiger charge is -2.17. The van der Waals surface area contributed by atoms with Crippen LogP contribution in [0.1, 0.15) is 32.6 Å². The Hall–Kier alpha value is -4.79. The van der Waals surface area contributed by atoms with Gasteiger partial charge in [-0.05, 0) is 65.2 Å². The molecule has 0 radical (unpaired) electrons. The summed E-state index contributed by atoms with van der Waals surface area (Å²) in [4.78, 5) is 25.3. The number of ether oxygens (including phenoxy) is 3. The first-order valence-electron chi connectivity index (χ1n) is 12.7. The van der Waals surface area contributed by atoms with E-state index in [4.69, 9.17) is 14.2 Å². The van der Waals surface area contributed by atoms with Gasteiger partial charge < -0.3 is 19.5 Å². The lowest BCUT2D eigenvalue weighted by Crippen LogP contribution is -2.43. The summed E-state index contributed by atoms with van der Waals surface area (Å²) in [5.74, 6) is -0.0406. The van der Waals surface area contributed by atoms with Crippen LogP contribution in [0.4, 0.5) is 13.2 Å². The third-order valence-electron chi connectivity index (χ3n) is 6.18. The first-order valence-corrected chi connectivity index (χ1v) is 12.7. The van der Waals surface area contributed by atoms with Crippen LogP contribution in [0.15, 0.2) is 103 Å². The number of alkyl halides is 3. The van der Waals surface area contributed by atoms with Crippen molar-refractivity contribution in [1.82, 2.24) is 5.32 Å². The van der Waals surface area contributed by atoms with E-state index in [0.29, 0.717) is 23.7 Å². The first kappa shape index (κ1) is 29.2. The Balaban J connectivity index is 1.32. The standard InChI is InChI=1S/C32H28F3NO5/c1-39-31(38)29(19-22-10-14-27(15-11-22)40-20-23-6-3-2-4-7-23)36-30(37)25-12-16-28(17-13-25)41-21-24-8-5-9-26(18-24)32(33,34)35/h2-18,29H,19-21H2,1H3,(H,36,37)/t29-/m0/s1. The Kier molecular flexibility index (Phi) is 9.63. The summed E-state index contributed by atoms with van der Waals surface area (Å²) in [6, 6.07) is 27.0. The van der Waals surface area contributed by atoms with Crippen LogP contribution < -0.4 is 14.8 Å². The molecule has 0 heterocycles. The average Bonchev–Trinajstić information content (AvgIpc) is 2.99. The zero-order valence-corrected chi connectivity index (χ0v) is 22.2. The van der Waals surface area contributed by atoms with E-state index in [1.54, 1.807) is 12.1 Å². The van der Waals surface area contributed by atoms with Gasteiger partial charge in [-0.15, -0.1) is 0 Å². The molecule has 4 aromatic carbocycles. The fourth-order valence-corrected chi connectivity index (χ4v) is 3.98. The molecule has 0 saturated carbocycles. The van der Waals surface area contributed by atoms with E-state index in [1.165, 1.54) is 43.5 Å². The quantitative estimate of drug-likeness (QED) is 0.215. The maximum Gasteiger partial charge on any atom is 0.416 e. The van der Waals surface area contributed by atoms with E-state index >= 15 is 0 Å². The SMILES string of the molecule is COC(=O)[C@H](Cc1ccc(OCc2ccccc2)cc1)NC(=O)c1ccc(OCc2cccc(C(F)(F)F)c2)cc1. The van der Waals surface area contributed by atoms with Crippen molar-refractivity contribution in [2.75, 3.05) is 7.11 Å². The number of hydrogen-bond acceptors (Lipinski definition) is 5. The summed E-state index contributed by atoms with van der Waals surface area (Å²) < 4.78 is 55.0. The molecule has 212 valence electrons. The molecule has 0 aliphatic rings. The van der Waals surface area contributed by atoms with Crippen molar-refractivity contribution in [3.05, 3.63) is 131 Å². The maximum absolute atomic E-state index is 12.9. The molecule has 6 nitrogen and oxygen atoms in total. The topological polar surface area (TPSA) is 73.9 Å². The number of hydrogen-bond donors (Lipinski definition) is 1. The summed E-state index contributed by atoms with van der Waals surface area (Å²) in [6.45, 7) is 0.353. The largest absolute Gasteiger partial charge is 0.489 e. The summed E-state index contributed by atoms with van der Waals surface area (Å²) in [7, 11) is 1.25. The van der Waals surface area contributed by atoms with E-state index in [2.05, 4.69) is 5.32 Å². The summed E-state index contributed by atoms with van der Waals surface area (Å²) in [5, 5.41) is 2.70. The highest BCUT2D eigenvalue weighted by atomic mass is 19.4. The fourth-order valence-electron chi connectivity index (χ4n) is 3.98. The molecule has 0 fully saturated rings. The molecule has 4 aromatic rings. The number of methoxy groups -OCH3 is 1. The van der Waals surface area contributed by atoms with Crippen LogP contribution in [0.5, 0.6) is 11.5 Å². The minimum Gasteiger partial charge on any atom is -0.489 e. The number of halogens is 3. The zero-order chi connectivity index (χ0) is 29.2. The van der Waals surface area contributed by atoms with Gasteiger partial charge in [0.25, 0.3) is 5.91 Å². The molecule has 0 saturated heterocycles. The summed E-state index contributed by atoms with van der Waals surface area (Å²) >= 11 is 0. The van der Waals surface area contributed by atoms with Gasteiger partial charge in [0, 0.05) is 12.0 Å². The van der Waals surface area contributed by atoms with E-state index < -0.39 is 29.7 Å². The van der Waals surface area contributed by atoms with Crippen molar-refractivity contribution in [3.8, 4) is 11.5 Å². The molecule has 1 amide bonds. The fraction of sp³-hybridized carbons (Fsp3) is 0.188. The van der Waals surface area contributed by atoms with Gasteiger partial charge in [0.1, 0.15) is 30.8 Å². The van der Waals surface area contributed by atoms with Gasteiger partial charge >= 0.3 is 12.1 Å². The molecule has 0 bridgehead atoms. The second-order valence-corrected chi connectivity index (χ2v) is 9.18. The lowest BCUT2D eigenvalue weighted by molar-refractivity contribution is -0.143. The summed E-state index contributed by atoms with van der Waals surface area (Å²) in [6.07, 6.45) is -4.23. The van der Waals surface area contributed by atoms with Crippen LogP contribution in [0.3, 0.4) is 0 Å². The molecular weight excluding hydrogens is 535 g/mol. The molecule has 1 atom stereocenters. The number of nitrogens with one attached hydrogen (secondary N) is 1. The van der Waals surface area contributed by atoms with E-state index in [-0.39, 0.29) is 18.6 Å². The predicted octanol–water partition coefficient (Wildman–Crippen LogP) is 6.38. The van der Waals surface area contributed by atoms with Crippen molar-refractivity contribution in [2.45, 2.75) is 31.9 Å². The maximum atomic E-state index is 12.9. The summed E-state index contributed by atoms with van der Waals surface area (Å²) in [5.41, 5.74) is 1.72. The van der Waals surface area contributed by atoms with Gasteiger partial charge in [-0.3, -0.25) is 4.79 Å². The molecule has 4 rings (SSSR count). The molecule has 41 heavy (non-hydrogen) atoms. The Bertz CT molecular complexity index is 1440. The van der Waals surface area contributed by atoms with Crippen molar-refractivity contribution in [3.63, 3.8) is 0 Å². The number of carbonyl (C=O) groups is 2. The molecule has 0 spiro atoms. The Morgan fingerprint density at radius 3 is 1.93 bits per heavy atom. The first-order chi connectivity index (χ1) is 19.7. The van der Waals surface area contributed by atoms with Crippen LogP contribution in [-0.4, -0.2) is 25.0 Å². The lowest BCUT2D eigenvalue weighted by atomic mass is 10.0. The van der Waals surface area contributed by atoms with Crippen molar-refractivity contribution in [1.29, 1.82) is 0 Å². The molecular formula is C32H28F3NO5. The predicted molar refractivity (Wildman–Crippen MR) is 146 cm³/mol. The van der Waals surface area contributed by atoms with Gasteiger partial charge in [-0.1, -0.05) is 54.6 Å². The Morgan fingerprint density at radius 1 is 0.732 bits per heavy atom. The highest BCUT2D eigenvalue weighted by Gasteiger charge is 2.30. The van der Waals surface area contributed by atoms with Gasteiger partial charge in [-0.2, -0.15) is 13.2 Å². The van der Waals surface area contributed by atoms with Crippen LogP contribution in [0.2, 0.25) is 0 Å². The molecule has 1 N–H and O–H groups in total. The minimum absolute atomic E-state index is 0.0734. The van der Waals surface area contributed by atoms with Crippen LogP contribution in [-0.2, 0) is 35.3 Å². The minimum atomic E-state index is -4.44. The number of rotatable bonds is 11. The number of esters is 1.